The Morgan fingerprint density at radius 3 is 2.71 bits per heavy atom. The molecule has 0 aliphatic carbocycles. The van der Waals surface area contributed by atoms with Crippen LogP contribution in [-0.2, 0) is 11.0 Å². The first-order valence-electron chi connectivity index (χ1n) is 10.3. The van der Waals surface area contributed by atoms with Gasteiger partial charge in [-0.25, -0.2) is 0 Å². The van der Waals surface area contributed by atoms with Gasteiger partial charge in [-0.15, -0.1) is 0 Å². The van der Waals surface area contributed by atoms with Crippen LogP contribution < -0.4 is 21.1 Å². The van der Waals surface area contributed by atoms with Gasteiger partial charge < -0.3 is 21.1 Å². The Hall–Kier alpha value is -4.34. The summed E-state index contributed by atoms with van der Waals surface area (Å²) in [5, 5.41) is 5.55. The molecule has 1 aliphatic heterocycles. The number of ether oxygens (including phenoxy) is 1. The number of benzene rings is 2. The first kappa shape index (κ1) is 22.8. The van der Waals surface area contributed by atoms with Crippen molar-refractivity contribution in [3.63, 3.8) is 0 Å². The molecule has 0 saturated carbocycles. The van der Waals surface area contributed by atoms with Gasteiger partial charge in [0.25, 0.3) is 0 Å². The highest BCUT2D eigenvalue weighted by Gasteiger charge is 2.31. The molecular formula is C24H20F3N5O2. The number of nitrogens with zero attached hydrogens (tertiary/aromatic N) is 2. The molecule has 1 aromatic heterocycles. The largest absolute Gasteiger partial charge is 0.457 e. The summed E-state index contributed by atoms with van der Waals surface area (Å²) >= 11 is 0. The average molecular weight is 467 g/mol. The van der Waals surface area contributed by atoms with E-state index in [2.05, 4.69) is 20.6 Å². The minimum absolute atomic E-state index is 0.0473. The predicted octanol–water partition coefficient (Wildman–Crippen LogP) is 4.48. The molecule has 3 aromatic rings. The third kappa shape index (κ3) is 5.91. The van der Waals surface area contributed by atoms with Crippen LogP contribution in [-0.4, -0.2) is 29.8 Å². The number of nitrogen functional groups attached to an aromatic ring is 1. The van der Waals surface area contributed by atoms with E-state index >= 15 is 0 Å². The van der Waals surface area contributed by atoms with E-state index in [0.29, 0.717) is 29.3 Å². The normalized spacial score (nSPS) is 13.4. The Morgan fingerprint density at radius 1 is 1.12 bits per heavy atom. The fraction of sp³-hybridized carbons (Fsp3) is 0.125. The quantitative estimate of drug-likeness (QED) is 0.367. The highest BCUT2D eigenvalue weighted by molar-refractivity contribution is 6.02. The van der Waals surface area contributed by atoms with Crippen LogP contribution >= 0.6 is 0 Å². The molecule has 2 aromatic carbocycles. The summed E-state index contributed by atoms with van der Waals surface area (Å²) in [4.78, 5) is 20.8. The molecule has 10 heteroatoms. The van der Waals surface area contributed by atoms with Gasteiger partial charge in [0, 0.05) is 36.3 Å². The number of hydrogen-bond donors (Lipinski definition) is 3. The fourth-order valence-electron chi connectivity index (χ4n) is 3.23. The van der Waals surface area contributed by atoms with Crippen LogP contribution in [0.2, 0.25) is 0 Å². The van der Waals surface area contributed by atoms with Gasteiger partial charge >= 0.3 is 6.18 Å². The topological polar surface area (TPSA) is 102 Å². The zero-order valence-corrected chi connectivity index (χ0v) is 17.8. The molecule has 0 bridgehead atoms. The molecule has 4 rings (SSSR count). The summed E-state index contributed by atoms with van der Waals surface area (Å²) < 4.78 is 44.7. The fourth-order valence-corrected chi connectivity index (χ4v) is 3.23. The van der Waals surface area contributed by atoms with Crippen molar-refractivity contribution in [1.82, 2.24) is 10.3 Å². The molecule has 4 N–H and O–H groups in total. The minimum Gasteiger partial charge on any atom is -0.457 e. The van der Waals surface area contributed by atoms with Crippen molar-refractivity contribution in [2.24, 2.45) is 4.99 Å². The number of nitrogens with two attached hydrogens (primary N) is 1. The summed E-state index contributed by atoms with van der Waals surface area (Å²) in [6.07, 6.45) is -0.206. The number of amidine groups is 1. The van der Waals surface area contributed by atoms with E-state index in [9.17, 15) is 18.0 Å². The maximum atomic E-state index is 12.9. The summed E-state index contributed by atoms with van der Waals surface area (Å²) in [5.74, 6) is 1.22. The Morgan fingerprint density at radius 2 is 1.94 bits per heavy atom. The number of carbonyl (C=O) groups is 1. The van der Waals surface area contributed by atoms with E-state index in [1.165, 1.54) is 18.2 Å². The van der Waals surface area contributed by atoms with E-state index in [1.54, 1.807) is 42.6 Å². The lowest BCUT2D eigenvalue weighted by Crippen LogP contribution is -2.20. The molecule has 0 spiro atoms. The van der Waals surface area contributed by atoms with Gasteiger partial charge in [0.15, 0.2) is 0 Å². The van der Waals surface area contributed by atoms with Gasteiger partial charge in [0.05, 0.1) is 12.1 Å². The van der Waals surface area contributed by atoms with Crippen LogP contribution in [0.25, 0.3) is 6.08 Å². The molecular weight excluding hydrogens is 447 g/mol. The van der Waals surface area contributed by atoms with E-state index in [-0.39, 0.29) is 11.4 Å². The van der Waals surface area contributed by atoms with Gasteiger partial charge in [-0.1, -0.05) is 12.1 Å². The highest BCUT2D eigenvalue weighted by atomic mass is 19.4. The van der Waals surface area contributed by atoms with Crippen molar-refractivity contribution in [3.8, 4) is 11.5 Å². The van der Waals surface area contributed by atoms with Crippen molar-refractivity contribution in [2.75, 3.05) is 24.1 Å². The minimum atomic E-state index is -4.57. The lowest BCUT2D eigenvalue weighted by atomic mass is 10.1. The van der Waals surface area contributed by atoms with Crippen molar-refractivity contribution < 1.29 is 22.7 Å². The second-order valence-electron chi connectivity index (χ2n) is 7.37. The Bertz CT molecular complexity index is 1270. The number of anilines is 2. The standard InChI is InChI=1S/C24H20F3N5O2/c25-24(26,27)16-11-17(28)13-18(12-16)32-22(33)5-4-15-2-1-3-19(10-15)34-20-6-7-29-21(14-20)23-30-8-9-31-23/h1-7,10-14H,8-9,28H2,(H,30,31)(H,32,33)/b5-4+. The van der Waals surface area contributed by atoms with E-state index in [4.69, 9.17) is 10.5 Å². The number of halogens is 3. The number of pyridine rings is 1. The molecule has 0 unspecified atom stereocenters. The second-order valence-corrected chi connectivity index (χ2v) is 7.37. The average Bonchev–Trinajstić information content (AvgIpc) is 3.32. The summed E-state index contributed by atoms with van der Waals surface area (Å²) in [7, 11) is 0. The van der Waals surface area contributed by atoms with Gasteiger partial charge in [0.2, 0.25) is 5.91 Å². The number of aliphatic imine (C=N–C) groups is 1. The molecule has 0 fully saturated rings. The van der Waals surface area contributed by atoms with E-state index in [0.717, 1.165) is 24.5 Å². The van der Waals surface area contributed by atoms with Gasteiger partial charge in [-0.2, -0.15) is 13.2 Å². The van der Waals surface area contributed by atoms with Crippen LogP contribution in [0.1, 0.15) is 16.8 Å². The lowest BCUT2D eigenvalue weighted by molar-refractivity contribution is -0.137. The van der Waals surface area contributed by atoms with Crippen LogP contribution in [0.4, 0.5) is 24.5 Å². The second kappa shape index (κ2) is 9.65. The zero-order valence-electron chi connectivity index (χ0n) is 17.8. The van der Waals surface area contributed by atoms with Crippen molar-refractivity contribution >= 4 is 29.2 Å². The molecule has 0 radical (unpaired) electrons. The maximum absolute atomic E-state index is 12.9. The third-order valence-corrected chi connectivity index (χ3v) is 4.72. The van der Waals surface area contributed by atoms with Crippen molar-refractivity contribution in [1.29, 1.82) is 0 Å². The highest BCUT2D eigenvalue weighted by Crippen LogP contribution is 2.32. The van der Waals surface area contributed by atoms with Crippen LogP contribution in [0.15, 0.2) is 71.9 Å². The van der Waals surface area contributed by atoms with Gasteiger partial charge in [0.1, 0.15) is 23.0 Å². The van der Waals surface area contributed by atoms with Crippen LogP contribution in [0.5, 0.6) is 11.5 Å². The maximum Gasteiger partial charge on any atom is 0.416 e. The first-order valence-corrected chi connectivity index (χ1v) is 10.3. The Balaban J connectivity index is 1.42. The summed E-state index contributed by atoms with van der Waals surface area (Å²) in [6, 6.07) is 13.4. The number of hydrogen-bond acceptors (Lipinski definition) is 6. The number of aromatic nitrogens is 1. The molecule has 2 heterocycles. The number of carbonyl (C=O) groups excluding carboxylic acids is 1. The Kier molecular flexibility index (Phi) is 6.48. The van der Waals surface area contributed by atoms with Crippen molar-refractivity contribution in [2.45, 2.75) is 6.18 Å². The zero-order chi connectivity index (χ0) is 24.1. The van der Waals surface area contributed by atoms with Gasteiger partial charge in [-0.3, -0.25) is 14.8 Å². The molecule has 0 atom stereocenters. The molecule has 0 saturated heterocycles. The first-order chi connectivity index (χ1) is 16.3. The number of amides is 1. The van der Waals surface area contributed by atoms with Crippen LogP contribution in [0.3, 0.4) is 0 Å². The predicted molar refractivity (Wildman–Crippen MR) is 124 cm³/mol. The number of rotatable bonds is 6. The monoisotopic (exact) mass is 467 g/mol. The number of nitrogens with one attached hydrogen (secondary N) is 2. The van der Waals surface area contributed by atoms with Crippen molar-refractivity contribution in [3.05, 3.63) is 83.7 Å². The summed E-state index contributed by atoms with van der Waals surface area (Å²) in [6.45, 7) is 1.47. The molecule has 7 nitrogen and oxygen atoms in total. The van der Waals surface area contributed by atoms with Gasteiger partial charge in [-0.05, 0) is 48.0 Å². The third-order valence-electron chi connectivity index (χ3n) is 4.72. The SMILES string of the molecule is Nc1cc(NC(=O)/C=C/c2cccc(Oc3ccnc(C4=NCCN4)c3)c2)cc(C(F)(F)F)c1. The van der Waals surface area contributed by atoms with Crippen LogP contribution in [0, 0.1) is 0 Å². The van der Waals surface area contributed by atoms with E-state index in [1.807, 2.05) is 0 Å². The summed E-state index contributed by atoms with van der Waals surface area (Å²) in [5.41, 5.74) is 5.77. The molecule has 1 amide bonds. The Labute approximate surface area is 193 Å². The number of alkyl halides is 3. The molecule has 34 heavy (non-hydrogen) atoms. The smallest absolute Gasteiger partial charge is 0.416 e. The molecule has 174 valence electrons. The molecule has 1 aliphatic rings. The van der Waals surface area contributed by atoms with E-state index < -0.39 is 17.6 Å². The lowest BCUT2D eigenvalue weighted by Gasteiger charge is -2.10.